The molecule has 0 rings (SSSR count). The Morgan fingerprint density at radius 3 is 1.85 bits per heavy atom. The third-order valence-corrected chi connectivity index (χ3v) is 2.79. The lowest BCUT2D eigenvalue weighted by atomic mass is 10.2. The Balaban J connectivity index is 3.28. The summed E-state index contributed by atoms with van der Waals surface area (Å²) in [5.41, 5.74) is 0. The predicted molar refractivity (Wildman–Crippen MR) is 47.6 cm³/mol. The molecule has 80 valence electrons. The van der Waals surface area contributed by atoms with Crippen LogP contribution in [-0.4, -0.2) is 14.7 Å². The van der Waals surface area contributed by atoms with Gasteiger partial charge in [0.25, 0.3) is 8.56 Å². The van der Waals surface area contributed by atoms with Gasteiger partial charge in [-0.25, -0.2) is 0 Å². The first-order valence-electron chi connectivity index (χ1n) is 4.14. The molecular weight excluding hydrogens is 199 g/mol. The molecule has 7 heteroatoms. The highest BCUT2D eigenvalue weighted by Gasteiger charge is 2.26. The molecule has 3 nitrogen and oxygen atoms in total. The highest BCUT2D eigenvalue weighted by Crippen LogP contribution is 2.22. The maximum atomic E-state index is 11.7. The summed E-state index contributed by atoms with van der Waals surface area (Å²) in [7, 11) is -2.53. The SMILES string of the molecule is N[Si](N)(N)CCCCCC(F)(F)F. The van der Waals surface area contributed by atoms with Crippen molar-refractivity contribution in [1.82, 2.24) is 0 Å². The number of unbranched alkanes of at least 4 members (excludes halogenated alkanes) is 2. The van der Waals surface area contributed by atoms with Crippen molar-refractivity contribution >= 4 is 8.56 Å². The minimum absolute atomic E-state index is 0.133. The van der Waals surface area contributed by atoms with E-state index in [1.807, 2.05) is 0 Å². The number of hydrogen-bond donors (Lipinski definition) is 3. The molecule has 0 saturated carbocycles. The van der Waals surface area contributed by atoms with Crippen LogP contribution in [-0.2, 0) is 0 Å². The molecule has 0 atom stereocenters. The topological polar surface area (TPSA) is 78.1 Å². The van der Waals surface area contributed by atoms with Crippen LogP contribution in [0.5, 0.6) is 0 Å². The average Bonchev–Trinajstić information content (AvgIpc) is 1.81. The molecule has 0 spiro atoms. The fourth-order valence-electron chi connectivity index (χ4n) is 0.933. The normalized spacial score (nSPS) is 13.4. The summed E-state index contributed by atoms with van der Waals surface area (Å²) in [4.78, 5) is 0. The van der Waals surface area contributed by atoms with E-state index >= 15 is 0 Å². The van der Waals surface area contributed by atoms with Crippen LogP contribution in [0.15, 0.2) is 0 Å². The smallest absolute Gasteiger partial charge is 0.327 e. The Hall–Kier alpha value is -0.113. The van der Waals surface area contributed by atoms with Gasteiger partial charge < -0.3 is 16.2 Å². The summed E-state index contributed by atoms with van der Waals surface area (Å²) >= 11 is 0. The molecule has 0 amide bonds. The van der Waals surface area contributed by atoms with Gasteiger partial charge in [-0.2, -0.15) is 13.2 Å². The first-order valence-corrected chi connectivity index (χ1v) is 6.58. The third kappa shape index (κ3) is 11.9. The number of hydrogen-bond acceptors (Lipinski definition) is 3. The second kappa shape index (κ2) is 4.94. The van der Waals surface area contributed by atoms with E-state index in [2.05, 4.69) is 0 Å². The minimum Gasteiger partial charge on any atom is -0.327 e. The summed E-state index contributed by atoms with van der Waals surface area (Å²) in [5, 5.41) is 16.1. The molecule has 0 unspecified atom stereocenters. The van der Waals surface area contributed by atoms with Crippen LogP contribution in [0.4, 0.5) is 13.2 Å². The highest BCUT2D eigenvalue weighted by atomic mass is 28.4. The summed E-state index contributed by atoms with van der Waals surface area (Å²) in [6.07, 6.45) is -3.58. The van der Waals surface area contributed by atoms with Crippen LogP contribution in [0.3, 0.4) is 0 Å². The summed E-state index contributed by atoms with van der Waals surface area (Å²) in [5.74, 6) is 0. The van der Waals surface area contributed by atoms with Crippen LogP contribution in [0, 0.1) is 0 Å². The molecule has 0 aliphatic heterocycles. The van der Waals surface area contributed by atoms with Crippen molar-refractivity contribution in [3.8, 4) is 0 Å². The van der Waals surface area contributed by atoms with E-state index in [0.29, 0.717) is 18.9 Å². The second-order valence-corrected chi connectivity index (χ2v) is 6.01. The molecule has 0 aliphatic rings. The van der Waals surface area contributed by atoms with Gasteiger partial charge >= 0.3 is 6.18 Å². The summed E-state index contributed by atoms with van der Waals surface area (Å²) in [6.45, 7) is 0. The van der Waals surface area contributed by atoms with Crippen molar-refractivity contribution in [3.05, 3.63) is 0 Å². The minimum atomic E-state index is -4.05. The van der Waals surface area contributed by atoms with Crippen LogP contribution in [0.25, 0.3) is 0 Å². The maximum absolute atomic E-state index is 11.7. The van der Waals surface area contributed by atoms with Gasteiger partial charge in [0.2, 0.25) is 0 Å². The Labute approximate surface area is 76.7 Å². The Morgan fingerprint density at radius 1 is 0.923 bits per heavy atom. The molecule has 0 aliphatic carbocycles. The molecule has 0 fully saturated rings. The van der Waals surface area contributed by atoms with Gasteiger partial charge in [-0.3, -0.25) is 0 Å². The van der Waals surface area contributed by atoms with E-state index in [0.717, 1.165) is 0 Å². The number of nitrogens with two attached hydrogens (primary N) is 3. The fraction of sp³-hybridized carbons (Fsp3) is 1.00. The first kappa shape index (κ1) is 12.9. The predicted octanol–water partition coefficient (Wildman–Crippen LogP) is 0.924. The standard InChI is InChI=1S/C6H16F3N3Si/c7-6(8,9)4-2-1-3-5-13(10,11)12/h1-5,10-12H2. The van der Waals surface area contributed by atoms with Crippen LogP contribution >= 0.6 is 0 Å². The average molecular weight is 215 g/mol. The van der Waals surface area contributed by atoms with Crippen molar-refractivity contribution in [2.75, 3.05) is 0 Å². The monoisotopic (exact) mass is 215 g/mol. The Bertz CT molecular complexity index is 127. The third-order valence-electron chi connectivity index (χ3n) is 1.57. The maximum Gasteiger partial charge on any atom is 0.389 e. The first-order chi connectivity index (χ1) is 5.71. The van der Waals surface area contributed by atoms with Crippen molar-refractivity contribution in [2.45, 2.75) is 37.9 Å². The summed E-state index contributed by atoms with van der Waals surface area (Å²) < 4.78 is 35.0. The second-order valence-electron chi connectivity index (χ2n) is 3.29. The van der Waals surface area contributed by atoms with E-state index < -0.39 is 21.2 Å². The lowest BCUT2D eigenvalue weighted by Gasteiger charge is -2.13. The number of halogens is 3. The van der Waals surface area contributed by atoms with Crippen molar-refractivity contribution in [3.63, 3.8) is 0 Å². The van der Waals surface area contributed by atoms with Gasteiger partial charge in [0.1, 0.15) is 0 Å². The number of alkyl halides is 3. The van der Waals surface area contributed by atoms with Gasteiger partial charge in [0.05, 0.1) is 0 Å². The molecule has 0 radical (unpaired) electrons. The molecule has 6 N–H and O–H groups in total. The van der Waals surface area contributed by atoms with Crippen LogP contribution in [0.2, 0.25) is 6.04 Å². The number of rotatable bonds is 5. The van der Waals surface area contributed by atoms with E-state index in [1.165, 1.54) is 0 Å². The summed E-state index contributed by atoms with van der Waals surface area (Å²) in [6, 6.07) is 0.477. The lowest BCUT2D eigenvalue weighted by Crippen LogP contribution is -2.64. The molecule has 0 aromatic rings. The molecular formula is C6H16F3N3Si. The van der Waals surface area contributed by atoms with Gasteiger partial charge in [-0.15, -0.1) is 0 Å². The van der Waals surface area contributed by atoms with Crippen molar-refractivity contribution < 1.29 is 13.2 Å². The molecule has 0 aromatic heterocycles. The van der Waals surface area contributed by atoms with Gasteiger partial charge in [0.15, 0.2) is 0 Å². The molecule has 0 aromatic carbocycles. The quantitative estimate of drug-likeness (QED) is 0.471. The zero-order valence-electron chi connectivity index (χ0n) is 7.40. The Kier molecular flexibility index (Phi) is 4.90. The zero-order valence-corrected chi connectivity index (χ0v) is 8.40. The zero-order chi connectivity index (χ0) is 10.5. The largest absolute Gasteiger partial charge is 0.389 e. The van der Waals surface area contributed by atoms with Gasteiger partial charge in [-0.05, 0) is 12.5 Å². The molecule has 0 heterocycles. The lowest BCUT2D eigenvalue weighted by molar-refractivity contribution is -0.135. The van der Waals surface area contributed by atoms with E-state index in [1.54, 1.807) is 0 Å². The van der Waals surface area contributed by atoms with E-state index in [-0.39, 0.29) is 6.42 Å². The van der Waals surface area contributed by atoms with Crippen molar-refractivity contribution in [1.29, 1.82) is 0 Å². The van der Waals surface area contributed by atoms with E-state index in [4.69, 9.17) is 16.2 Å². The fourth-order valence-corrected chi connectivity index (χ4v) is 1.80. The van der Waals surface area contributed by atoms with Gasteiger partial charge in [-0.1, -0.05) is 12.8 Å². The van der Waals surface area contributed by atoms with Crippen LogP contribution in [0.1, 0.15) is 25.7 Å². The van der Waals surface area contributed by atoms with E-state index in [9.17, 15) is 13.2 Å². The Morgan fingerprint density at radius 2 is 1.46 bits per heavy atom. The van der Waals surface area contributed by atoms with Gasteiger partial charge in [0, 0.05) is 6.42 Å². The molecule has 0 bridgehead atoms. The highest BCUT2D eigenvalue weighted by molar-refractivity contribution is 6.70. The molecule has 0 saturated heterocycles. The van der Waals surface area contributed by atoms with Crippen molar-refractivity contribution in [2.24, 2.45) is 16.2 Å². The van der Waals surface area contributed by atoms with Crippen LogP contribution < -0.4 is 16.2 Å². The molecule has 13 heavy (non-hydrogen) atoms.